The van der Waals surface area contributed by atoms with E-state index < -0.39 is 0 Å². The summed E-state index contributed by atoms with van der Waals surface area (Å²) in [5, 5.41) is 37.1. The van der Waals surface area contributed by atoms with Gasteiger partial charge in [0.1, 0.15) is 17.9 Å². The van der Waals surface area contributed by atoms with Gasteiger partial charge in [-0.1, -0.05) is 32.9 Å². The molecule has 1 unspecified atom stereocenters. The van der Waals surface area contributed by atoms with Crippen molar-refractivity contribution in [2.24, 2.45) is 0 Å². The Morgan fingerprint density at radius 2 is 2.06 bits per heavy atom. The van der Waals surface area contributed by atoms with Crippen molar-refractivity contribution in [3.63, 3.8) is 0 Å². The van der Waals surface area contributed by atoms with E-state index in [1.54, 1.807) is 31.2 Å². The zero-order valence-corrected chi connectivity index (χ0v) is 20.5. The number of nitrogens with zero attached hydrogens (tertiary/aromatic N) is 4. The number of pyridine rings is 1. The number of aliphatic hydroxyl groups is 1. The number of aliphatic hydroxyl groups excluding tert-OH is 1. The third-order valence-corrected chi connectivity index (χ3v) is 5.31. The van der Waals surface area contributed by atoms with E-state index in [0.29, 0.717) is 29.0 Å². The summed E-state index contributed by atoms with van der Waals surface area (Å²) in [6, 6.07) is 6.23. The fraction of sp³-hybridized carbons (Fsp3) is 0.417. The molecule has 4 N–H and O–H groups in total. The van der Waals surface area contributed by atoms with Crippen LogP contribution in [0.5, 0.6) is 5.88 Å². The van der Waals surface area contributed by atoms with Crippen molar-refractivity contribution in [2.45, 2.75) is 59.1 Å². The van der Waals surface area contributed by atoms with E-state index >= 15 is 0 Å². The SMILES string of the molecule is CCC(CO)NC(=O)c1ccc(COc2nn(C(=N)c3cc(C)on3)c(=N)cc2C(C)(C)C)nc1. The van der Waals surface area contributed by atoms with Crippen LogP contribution < -0.4 is 15.5 Å². The molecule has 0 saturated carbocycles. The first-order valence-corrected chi connectivity index (χ1v) is 11.2. The Hall–Kier alpha value is -3.86. The first-order chi connectivity index (χ1) is 16.5. The Kier molecular flexibility index (Phi) is 7.80. The normalized spacial score (nSPS) is 12.3. The Morgan fingerprint density at radius 3 is 2.60 bits per heavy atom. The monoisotopic (exact) mass is 481 g/mol. The van der Waals surface area contributed by atoms with E-state index in [1.807, 2.05) is 27.7 Å². The van der Waals surface area contributed by atoms with Crippen LogP contribution in [0.3, 0.4) is 0 Å². The lowest BCUT2D eigenvalue weighted by atomic mass is 9.88. The molecule has 1 atom stereocenters. The van der Waals surface area contributed by atoms with Crippen LogP contribution in [0.15, 0.2) is 35.0 Å². The molecule has 11 nitrogen and oxygen atoms in total. The van der Waals surface area contributed by atoms with Crippen LogP contribution in [0.1, 0.15) is 67.2 Å². The number of aromatic nitrogens is 4. The number of carbonyl (C=O) groups is 1. The molecule has 0 aliphatic carbocycles. The molecule has 0 fully saturated rings. The van der Waals surface area contributed by atoms with Crippen molar-refractivity contribution >= 4 is 11.7 Å². The highest BCUT2D eigenvalue weighted by atomic mass is 16.5. The second-order valence-electron chi connectivity index (χ2n) is 9.17. The van der Waals surface area contributed by atoms with E-state index in [0.717, 1.165) is 4.68 Å². The van der Waals surface area contributed by atoms with Crippen molar-refractivity contribution in [2.75, 3.05) is 6.61 Å². The average Bonchev–Trinajstić information content (AvgIpc) is 3.26. The minimum absolute atomic E-state index is 0.00896. The highest BCUT2D eigenvalue weighted by Gasteiger charge is 2.23. The second kappa shape index (κ2) is 10.6. The number of amides is 1. The molecule has 0 aliphatic rings. The molecule has 0 aliphatic heterocycles. The summed E-state index contributed by atoms with van der Waals surface area (Å²) in [5.41, 5.74) is 1.54. The molecule has 186 valence electrons. The summed E-state index contributed by atoms with van der Waals surface area (Å²) in [4.78, 5) is 16.6. The average molecular weight is 482 g/mol. The van der Waals surface area contributed by atoms with Crippen LogP contribution in [0, 0.1) is 17.7 Å². The molecule has 35 heavy (non-hydrogen) atoms. The lowest BCUT2D eigenvalue weighted by Crippen LogP contribution is -2.36. The molecule has 1 amide bonds. The topological polar surface area (TPSA) is 163 Å². The number of hydrogen-bond donors (Lipinski definition) is 4. The van der Waals surface area contributed by atoms with Crippen molar-refractivity contribution in [3.05, 3.63) is 64.2 Å². The molecular formula is C24H31N7O4. The first-order valence-electron chi connectivity index (χ1n) is 11.2. The number of aryl methyl sites for hydroxylation is 1. The lowest BCUT2D eigenvalue weighted by molar-refractivity contribution is 0.0914. The number of carbonyl (C=O) groups excluding carboxylic acids is 1. The van der Waals surface area contributed by atoms with Crippen LogP contribution in [0.25, 0.3) is 0 Å². The number of rotatable bonds is 8. The summed E-state index contributed by atoms with van der Waals surface area (Å²) in [5.74, 6) is 0.385. The van der Waals surface area contributed by atoms with Gasteiger partial charge in [0, 0.05) is 17.8 Å². The zero-order chi connectivity index (χ0) is 25.8. The summed E-state index contributed by atoms with van der Waals surface area (Å²) < 4.78 is 12.2. The molecule has 11 heteroatoms. The van der Waals surface area contributed by atoms with Gasteiger partial charge in [0.05, 0.1) is 23.9 Å². The summed E-state index contributed by atoms with van der Waals surface area (Å²) in [6.07, 6.45) is 2.07. The van der Waals surface area contributed by atoms with Gasteiger partial charge in [-0.05, 0) is 37.0 Å². The molecule has 3 aromatic heterocycles. The largest absolute Gasteiger partial charge is 0.470 e. The molecule has 3 aromatic rings. The Bertz CT molecular complexity index is 1250. The maximum Gasteiger partial charge on any atom is 0.253 e. The van der Waals surface area contributed by atoms with Gasteiger partial charge in [-0.2, -0.15) is 4.68 Å². The van der Waals surface area contributed by atoms with Gasteiger partial charge in [-0.25, -0.2) is 0 Å². The van der Waals surface area contributed by atoms with Crippen LogP contribution in [-0.2, 0) is 12.0 Å². The van der Waals surface area contributed by atoms with Crippen LogP contribution in [0.4, 0.5) is 0 Å². The van der Waals surface area contributed by atoms with E-state index in [1.165, 1.54) is 6.20 Å². The molecule has 0 bridgehead atoms. The third kappa shape index (κ3) is 6.18. The van der Waals surface area contributed by atoms with Gasteiger partial charge in [-0.15, -0.1) is 5.10 Å². The highest BCUT2D eigenvalue weighted by molar-refractivity contribution is 5.95. The minimum Gasteiger partial charge on any atom is -0.470 e. The van der Waals surface area contributed by atoms with Crippen LogP contribution in [-0.4, -0.2) is 49.4 Å². The predicted octanol–water partition coefficient (Wildman–Crippen LogP) is 2.30. The van der Waals surface area contributed by atoms with Gasteiger partial charge >= 0.3 is 0 Å². The molecule has 3 heterocycles. The first kappa shape index (κ1) is 25.8. The maximum atomic E-state index is 12.3. The zero-order valence-electron chi connectivity index (χ0n) is 20.5. The molecular weight excluding hydrogens is 450 g/mol. The van der Waals surface area contributed by atoms with Crippen molar-refractivity contribution < 1.29 is 19.2 Å². The van der Waals surface area contributed by atoms with Crippen molar-refractivity contribution in [3.8, 4) is 5.88 Å². The fourth-order valence-electron chi connectivity index (χ4n) is 3.19. The van der Waals surface area contributed by atoms with E-state index in [4.69, 9.17) is 20.1 Å². The van der Waals surface area contributed by atoms with Gasteiger partial charge in [-0.3, -0.25) is 20.6 Å². The van der Waals surface area contributed by atoms with Crippen molar-refractivity contribution in [1.82, 2.24) is 25.2 Å². The van der Waals surface area contributed by atoms with E-state index in [9.17, 15) is 9.90 Å². The van der Waals surface area contributed by atoms with Gasteiger partial charge in [0.25, 0.3) is 5.91 Å². The van der Waals surface area contributed by atoms with E-state index in [2.05, 4.69) is 20.6 Å². The second-order valence-corrected chi connectivity index (χ2v) is 9.17. The summed E-state index contributed by atoms with van der Waals surface area (Å²) in [6.45, 7) is 9.48. The number of hydrogen-bond acceptors (Lipinski definition) is 9. The summed E-state index contributed by atoms with van der Waals surface area (Å²) in [7, 11) is 0. The van der Waals surface area contributed by atoms with Crippen LogP contribution in [0.2, 0.25) is 0 Å². The predicted molar refractivity (Wildman–Crippen MR) is 127 cm³/mol. The lowest BCUT2D eigenvalue weighted by Gasteiger charge is -2.22. The molecule has 3 rings (SSSR count). The molecule has 0 spiro atoms. The third-order valence-electron chi connectivity index (χ3n) is 5.31. The molecule has 0 aromatic carbocycles. The van der Waals surface area contributed by atoms with E-state index in [-0.39, 0.29) is 53.5 Å². The smallest absolute Gasteiger partial charge is 0.253 e. The Morgan fingerprint density at radius 1 is 1.31 bits per heavy atom. The van der Waals surface area contributed by atoms with Gasteiger partial charge in [0.2, 0.25) is 5.88 Å². The minimum atomic E-state index is -0.373. The molecule has 0 radical (unpaired) electrons. The van der Waals surface area contributed by atoms with Crippen LogP contribution >= 0.6 is 0 Å². The van der Waals surface area contributed by atoms with Gasteiger partial charge < -0.3 is 19.7 Å². The Labute approximate surface area is 203 Å². The summed E-state index contributed by atoms with van der Waals surface area (Å²) >= 11 is 0. The number of ether oxygens (including phenoxy) is 1. The van der Waals surface area contributed by atoms with Crippen molar-refractivity contribution in [1.29, 1.82) is 10.8 Å². The molecule has 0 saturated heterocycles. The fourth-order valence-corrected chi connectivity index (χ4v) is 3.19. The highest BCUT2D eigenvalue weighted by Crippen LogP contribution is 2.28. The Balaban J connectivity index is 1.83. The van der Waals surface area contributed by atoms with Gasteiger partial charge in [0.15, 0.2) is 11.5 Å². The quantitative estimate of drug-likeness (QED) is 0.283. The standard InChI is InChI=1S/C24H31N7O4/c1-6-16(12-32)28-22(33)15-7-8-17(27-11-15)13-34-23-18(24(3,4)5)10-20(25)31(29-23)21(26)19-9-14(2)35-30-19/h7-11,16,25-26,32H,6,12-13H2,1-5H3,(H,28,33). The maximum absolute atomic E-state index is 12.3. The number of nitrogens with one attached hydrogen (secondary N) is 3.